The van der Waals surface area contributed by atoms with Crippen molar-refractivity contribution in [3.05, 3.63) is 35.1 Å². The molecule has 0 amide bonds. The van der Waals surface area contributed by atoms with Gasteiger partial charge in [-0.15, -0.1) is 12.4 Å². The second-order valence-corrected chi connectivity index (χ2v) is 4.92. The summed E-state index contributed by atoms with van der Waals surface area (Å²) in [6, 6.07) is 2.36. The quantitative estimate of drug-likeness (QED) is 0.740. The van der Waals surface area contributed by atoms with Crippen molar-refractivity contribution in [3.63, 3.8) is 0 Å². The van der Waals surface area contributed by atoms with Gasteiger partial charge < -0.3 is 15.7 Å². The maximum absolute atomic E-state index is 13.5. The molecule has 2 rings (SSSR count). The molecule has 1 aromatic rings. The van der Waals surface area contributed by atoms with Crippen LogP contribution < -0.4 is 10.6 Å². The number of hydrogen-bond acceptors (Lipinski definition) is 3. The number of benzene rings is 1. The summed E-state index contributed by atoms with van der Waals surface area (Å²) in [5, 5.41) is 15.5. The minimum absolute atomic E-state index is 0. The van der Waals surface area contributed by atoms with Gasteiger partial charge >= 0.3 is 6.18 Å². The molecule has 0 bridgehead atoms. The number of nitrogens with one attached hydrogen (secondary N) is 2. The van der Waals surface area contributed by atoms with E-state index in [1.54, 1.807) is 0 Å². The second-order valence-electron chi connectivity index (χ2n) is 4.92. The molecule has 1 aliphatic rings. The Balaban J connectivity index is 0.00000220. The minimum atomic E-state index is -4.48. The third-order valence-corrected chi connectivity index (χ3v) is 3.40. The molecular weight excluding hydrogens is 312 g/mol. The number of alkyl halides is 3. The van der Waals surface area contributed by atoms with Crippen molar-refractivity contribution in [3.8, 4) is 0 Å². The summed E-state index contributed by atoms with van der Waals surface area (Å²) in [6.45, 7) is 1.56. The highest BCUT2D eigenvalue weighted by Gasteiger charge is 2.31. The Morgan fingerprint density at radius 3 is 2.57 bits per heavy atom. The summed E-state index contributed by atoms with van der Waals surface area (Å²) in [6.07, 6.45) is -4.96. The predicted molar refractivity (Wildman–Crippen MR) is 72.7 cm³/mol. The second kappa shape index (κ2) is 7.40. The highest BCUT2D eigenvalue weighted by molar-refractivity contribution is 5.85. The zero-order valence-electron chi connectivity index (χ0n) is 11.1. The average molecular weight is 329 g/mol. The van der Waals surface area contributed by atoms with Crippen LogP contribution in [0, 0.1) is 11.7 Å². The first kappa shape index (κ1) is 18.2. The van der Waals surface area contributed by atoms with Crippen molar-refractivity contribution in [1.82, 2.24) is 10.6 Å². The van der Waals surface area contributed by atoms with Crippen LogP contribution in [0.1, 0.15) is 11.1 Å². The Hall–Kier alpha value is -0.890. The molecule has 3 N–H and O–H groups in total. The molecule has 1 heterocycles. The molecule has 21 heavy (non-hydrogen) atoms. The topological polar surface area (TPSA) is 44.3 Å². The van der Waals surface area contributed by atoms with Crippen LogP contribution in [-0.2, 0) is 12.7 Å². The van der Waals surface area contributed by atoms with E-state index in [0.717, 1.165) is 18.2 Å². The average Bonchev–Trinajstić information content (AvgIpc) is 2.76. The third-order valence-electron chi connectivity index (χ3n) is 3.40. The van der Waals surface area contributed by atoms with E-state index in [9.17, 15) is 22.7 Å². The lowest BCUT2D eigenvalue weighted by atomic mass is 10.1. The molecule has 2 unspecified atom stereocenters. The highest BCUT2D eigenvalue weighted by atomic mass is 35.5. The van der Waals surface area contributed by atoms with Gasteiger partial charge in [0.05, 0.1) is 11.7 Å². The van der Waals surface area contributed by atoms with E-state index in [0.29, 0.717) is 19.6 Å². The molecule has 120 valence electrons. The van der Waals surface area contributed by atoms with Gasteiger partial charge in [-0.3, -0.25) is 0 Å². The fraction of sp³-hybridized carbons (Fsp3) is 0.538. The largest absolute Gasteiger partial charge is 0.416 e. The molecule has 0 radical (unpaired) electrons. The first-order chi connectivity index (χ1) is 9.38. The van der Waals surface area contributed by atoms with Gasteiger partial charge in [0.15, 0.2) is 0 Å². The number of β-amino-alcohol motifs (C(OH)–C–C–N with tert-alkyl or cyclic N) is 1. The summed E-state index contributed by atoms with van der Waals surface area (Å²) in [5.41, 5.74) is -0.890. The van der Waals surface area contributed by atoms with Gasteiger partial charge in [0, 0.05) is 37.7 Å². The Labute approximate surface area is 126 Å². The maximum atomic E-state index is 13.5. The molecule has 1 aromatic carbocycles. The number of aliphatic hydroxyl groups excluding tert-OH is 1. The Bertz CT molecular complexity index is 470. The predicted octanol–water partition coefficient (Wildman–Crippen LogP) is 1.94. The van der Waals surface area contributed by atoms with E-state index in [1.807, 2.05) is 0 Å². The van der Waals surface area contributed by atoms with Crippen molar-refractivity contribution in [1.29, 1.82) is 0 Å². The van der Waals surface area contributed by atoms with Crippen LogP contribution in [0.15, 0.2) is 18.2 Å². The molecule has 8 heteroatoms. The lowest BCUT2D eigenvalue weighted by Crippen LogP contribution is -2.30. The number of hydrogen-bond donors (Lipinski definition) is 3. The Morgan fingerprint density at radius 1 is 1.29 bits per heavy atom. The van der Waals surface area contributed by atoms with E-state index < -0.39 is 23.7 Å². The van der Waals surface area contributed by atoms with Gasteiger partial charge in [-0.25, -0.2) is 4.39 Å². The van der Waals surface area contributed by atoms with E-state index in [1.165, 1.54) is 0 Å². The van der Waals surface area contributed by atoms with Crippen molar-refractivity contribution in [2.75, 3.05) is 19.6 Å². The smallest absolute Gasteiger partial charge is 0.391 e. The van der Waals surface area contributed by atoms with Crippen LogP contribution in [0.25, 0.3) is 0 Å². The third kappa shape index (κ3) is 4.81. The lowest BCUT2D eigenvalue weighted by molar-refractivity contribution is -0.137. The van der Waals surface area contributed by atoms with Gasteiger partial charge in [-0.1, -0.05) is 0 Å². The standard InChI is InChI=1S/C13H16F4N2O.ClH/c14-11-2-1-10(13(15,16)17)3-8(11)4-18-5-9-6-19-7-12(9)20;/h1-3,9,12,18-20H,4-7H2;1H. The molecule has 1 saturated heterocycles. The van der Waals surface area contributed by atoms with Gasteiger partial charge in [0.1, 0.15) is 5.82 Å². The minimum Gasteiger partial charge on any atom is -0.391 e. The number of halogens is 5. The van der Waals surface area contributed by atoms with Crippen LogP contribution in [0.4, 0.5) is 17.6 Å². The van der Waals surface area contributed by atoms with Gasteiger partial charge in [-0.05, 0) is 18.2 Å². The highest BCUT2D eigenvalue weighted by Crippen LogP contribution is 2.30. The van der Waals surface area contributed by atoms with Crippen LogP contribution in [-0.4, -0.2) is 30.8 Å². The normalized spacial score (nSPS) is 22.1. The van der Waals surface area contributed by atoms with Crippen molar-refractivity contribution >= 4 is 12.4 Å². The number of rotatable bonds is 4. The van der Waals surface area contributed by atoms with Gasteiger partial charge in [0.2, 0.25) is 0 Å². The maximum Gasteiger partial charge on any atom is 0.416 e. The number of aliphatic hydroxyl groups is 1. The zero-order valence-corrected chi connectivity index (χ0v) is 11.9. The summed E-state index contributed by atoms with van der Waals surface area (Å²) in [5.74, 6) is -0.681. The molecule has 0 aliphatic carbocycles. The van der Waals surface area contributed by atoms with Crippen LogP contribution >= 0.6 is 12.4 Å². The molecule has 3 nitrogen and oxygen atoms in total. The van der Waals surface area contributed by atoms with Crippen molar-refractivity contribution in [2.45, 2.75) is 18.8 Å². The molecule has 1 fully saturated rings. The van der Waals surface area contributed by atoms with Crippen LogP contribution in [0.5, 0.6) is 0 Å². The molecule has 0 aromatic heterocycles. The first-order valence-electron chi connectivity index (χ1n) is 6.33. The molecule has 0 spiro atoms. The SMILES string of the molecule is Cl.OC1CNCC1CNCc1cc(C(F)(F)F)ccc1F. The lowest BCUT2D eigenvalue weighted by Gasteiger charge is -2.15. The van der Waals surface area contributed by atoms with Crippen LogP contribution in [0.3, 0.4) is 0 Å². The fourth-order valence-electron chi connectivity index (χ4n) is 2.21. The summed E-state index contributed by atoms with van der Waals surface area (Å²) >= 11 is 0. The van der Waals surface area contributed by atoms with Crippen LogP contribution in [0.2, 0.25) is 0 Å². The fourth-order valence-corrected chi connectivity index (χ4v) is 2.21. The van der Waals surface area contributed by atoms with E-state index in [2.05, 4.69) is 10.6 Å². The molecule has 0 saturated carbocycles. The van der Waals surface area contributed by atoms with Crippen molar-refractivity contribution < 1.29 is 22.7 Å². The Morgan fingerprint density at radius 2 is 2.00 bits per heavy atom. The first-order valence-corrected chi connectivity index (χ1v) is 6.33. The summed E-state index contributed by atoms with van der Waals surface area (Å²) in [4.78, 5) is 0. The van der Waals surface area contributed by atoms with Gasteiger partial charge in [0.25, 0.3) is 0 Å². The monoisotopic (exact) mass is 328 g/mol. The summed E-state index contributed by atoms with van der Waals surface area (Å²) in [7, 11) is 0. The zero-order chi connectivity index (χ0) is 14.8. The summed E-state index contributed by atoms with van der Waals surface area (Å²) < 4.78 is 51.1. The van der Waals surface area contributed by atoms with E-state index >= 15 is 0 Å². The van der Waals surface area contributed by atoms with E-state index in [-0.39, 0.29) is 30.4 Å². The van der Waals surface area contributed by atoms with E-state index in [4.69, 9.17) is 0 Å². The van der Waals surface area contributed by atoms with Gasteiger partial charge in [-0.2, -0.15) is 13.2 Å². The molecule has 2 atom stereocenters. The Kier molecular flexibility index (Phi) is 6.40. The molecule has 1 aliphatic heterocycles. The van der Waals surface area contributed by atoms with Crippen molar-refractivity contribution in [2.24, 2.45) is 5.92 Å². The molecular formula is C13H17ClF4N2O.